The summed E-state index contributed by atoms with van der Waals surface area (Å²) in [5.41, 5.74) is -0.117. The Labute approximate surface area is 253 Å². The van der Waals surface area contributed by atoms with Crippen molar-refractivity contribution in [1.29, 1.82) is 0 Å². The van der Waals surface area contributed by atoms with Crippen LogP contribution in [0.15, 0.2) is 60.0 Å². The van der Waals surface area contributed by atoms with Gasteiger partial charge in [0, 0.05) is 0 Å². The summed E-state index contributed by atoms with van der Waals surface area (Å²) in [7, 11) is 0. The van der Waals surface area contributed by atoms with Crippen molar-refractivity contribution in [1.82, 2.24) is 0 Å². The van der Waals surface area contributed by atoms with E-state index in [4.69, 9.17) is 9.47 Å². The number of carbonyl (C=O) groups is 2. The average Bonchev–Trinajstić information content (AvgIpc) is 3.01. The molecule has 0 aliphatic heterocycles. The van der Waals surface area contributed by atoms with Crippen LogP contribution in [-0.4, -0.2) is 57.8 Å². The molecule has 2 aromatic carbocycles. The molecule has 43 heavy (non-hydrogen) atoms. The predicted molar refractivity (Wildman–Crippen MR) is 164 cm³/mol. The first kappa shape index (κ1) is 32.3. The predicted octanol–water partition coefficient (Wildman–Crippen LogP) is 6.63. The summed E-state index contributed by atoms with van der Waals surface area (Å²) in [6.45, 7) is 2.64. The lowest BCUT2D eigenvalue weighted by Gasteiger charge is -2.29. The van der Waals surface area contributed by atoms with Gasteiger partial charge in [0.25, 0.3) is 0 Å². The lowest BCUT2D eigenvalue weighted by molar-refractivity contribution is 0.00409. The van der Waals surface area contributed by atoms with Gasteiger partial charge in [-0.3, -0.25) is 0 Å². The quantitative estimate of drug-likeness (QED) is 0.179. The summed E-state index contributed by atoms with van der Waals surface area (Å²) in [6, 6.07) is 12.8. The zero-order valence-electron chi connectivity index (χ0n) is 25.1. The molecule has 2 aromatic rings. The second-order valence-electron chi connectivity index (χ2n) is 12.1. The molecule has 8 heteroatoms. The third kappa shape index (κ3) is 7.86. The largest absolute Gasteiger partial charge is 0.511 e. The first-order valence-electron chi connectivity index (χ1n) is 15.3. The number of ether oxygens (including phenoxy) is 2. The summed E-state index contributed by atoms with van der Waals surface area (Å²) in [6.07, 6.45) is 10.6. The Bertz CT molecular complexity index is 1190. The molecular formula is C35H44O8. The molecule has 4 atom stereocenters. The fourth-order valence-electron chi connectivity index (χ4n) is 5.85. The van der Waals surface area contributed by atoms with Crippen LogP contribution in [0, 0.1) is 17.3 Å². The lowest BCUT2D eigenvalue weighted by Crippen LogP contribution is -2.34. The van der Waals surface area contributed by atoms with E-state index in [1.165, 1.54) is 12.2 Å². The lowest BCUT2D eigenvalue weighted by atomic mass is 9.83. The van der Waals surface area contributed by atoms with E-state index in [0.29, 0.717) is 34.1 Å². The maximum atomic E-state index is 12.6. The molecule has 0 radical (unpaired) electrons. The molecule has 0 saturated heterocycles. The zero-order chi connectivity index (χ0) is 31.0. The molecule has 2 saturated carbocycles. The molecule has 0 bridgehead atoms. The van der Waals surface area contributed by atoms with Gasteiger partial charge >= 0.3 is 11.9 Å². The molecule has 4 N–H and O–H groups in total. The molecule has 4 rings (SSSR count). The minimum Gasteiger partial charge on any atom is -0.511 e. The van der Waals surface area contributed by atoms with Gasteiger partial charge in [-0.25, -0.2) is 9.59 Å². The van der Waals surface area contributed by atoms with Gasteiger partial charge in [-0.2, -0.15) is 0 Å². The van der Waals surface area contributed by atoms with Crippen molar-refractivity contribution in [3.05, 3.63) is 82.3 Å². The summed E-state index contributed by atoms with van der Waals surface area (Å²) in [5.74, 6) is -1.07. The Morgan fingerprint density at radius 1 is 0.674 bits per heavy atom. The van der Waals surface area contributed by atoms with Gasteiger partial charge in [0.05, 0.1) is 24.3 Å². The standard InChI is InChI=1S/C35H44O8/c1-23-7-3-5-9-29(23)42-33(40)27-15-11-25(12-16-27)19-31(38)35(21-36,22-37)32(39)20-26-13-17-28(18-14-26)34(41)43-30-10-6-4-8-24(30)2/h11-20,23-24,29-30,36-39H,3-10,21-22H2,1-2H3. The maximum absolute atomic E-state index is 12.6. The van der Waals surface area contributed by atoms with Gasteiger partial charge in [0.2, 0.25) is 0 Å². The Hall–Kier alpha value is -3.62. The number of benzene rings is 2. The Balaban J connectivity index is 1.44. The number of carbonyl (C=O) groups excluding carboxylic acids is 2. The highest BCUT2D eigenvalue weighted by Gasteiger charge is 2.38. The van der Waals surface area contributed by atoms with Crippen LogP contribution in [0.4, 0.5) is 0 Å². The normalized spacial score (nSPS) is 23.4. The second-order valence-corrected chi connectivity index (χ2v) is 12.1. The zero-order valence-corrected chi connectivity index (χ0v) is 25.1. The molecule has 0 spiro atoms. The molecule has 2 aliphatic rings. The SMILES string of the molecule is CC1CCCCC1OC(=O)c1ccc(C=C(O)C(CO)(CO)C(O)=Cc2ccc(C(=O)OC3CCCCC3C)cc2)cc1. The van der Waals surface area contributed by atoms with Crippen molar-refractivity contribution < 1.29 is 39.5 Å². The van der Waals surface area contributed by atoms with Crippen LogP contribution in [0.3, 0.4) is 0 Å². The number of esters is 2. The van der Waals surface area contributed by atoms with Gasteiger partial charge in [-0.1, -0.05) is 51.0 Å². The van der Waals surface area contributed by atoms with Crippen molar-refractivity contribution in [2.45, 2.75) is 77.4 Å². The molecule has 0 amide bonds. The van der Waals surface area contributed by atoms with Crippen molar-refractivity contribution in [2.75, 3.05) is 13.2 Å². The Kier molecular flexibility index (Phi) is 11.0. The molecular weight excluding hydrogens is 548 g/mol. The highest BCUT2D eigenvalue weighted by Crippen LogP contribution is 2.35. The maximum Gasteiger partial charge on any atom is 0.338 e. The topological polar surface area (TPSA) is 134 Å². The third-order valence-corrected chi connectivity index (χ3v) is 9.00. The summed E-state index contributed by atoms with van der Waals surface area (Å²) < 4.78 is 11.4. The van der Waals surface area contributed by atoms with Gasteiger partial charge in [-0.15, -0.1) is 0 Å². The fraction of sp³-hybridized carbons (Fsp3) is 0.486. The summed E-state index contributed by atoms with van der Waals surface area (Å²) >= 11 is 0. The smallest absolute Gasteiger partial charge is 0.338 e. The van der Waals surface area contributed by atoms with Crippen molar-refractivity contribution in [2.24, 2.45) is 17.3 Å². The van der Waals surface area contributed by atoms with E-state index in [1.54, 1.807) is 48.5 Å². The average molecular weight is 593 g/mol. The van der Waals surface area contributed by atoms with Crippen LogP contribution < -0.4 is 0 Å². The van der Waals surface area contributed by atoms with Crippen molar-refractivity contribution in [3.8, 4) is 0 Å². The van der Waals surface area contributed by atoms with Crippen molar-refractivity contribution >= 4 is 24.1 Å². The highest BCUT2D eigenvalue weighted by molar-refractivity contribution is 5.90. The molecule has 0 heterocycles. The molecule has 2 aliphatic carbocycles. The van der Waals surface area contributed by atoms with Crippen LogP contribution in [0.2, 0.25) is 0 Å². The number of rotatable bonds is 10. The molecule has 0 aromatic heterocycles. The van der Waals surface area contributed by atoms with Gasteiger partial charge < -0.3 is 29.9 Å². The fourth-order valence-corrected chi connectivity index (χ4v) is 5.85. The number of hydrogen-bond acceptors (Lipinski definition) is 8. The second kappa shape index (κ2) is 14.7. The van der Waals surface area contributed by atoms with E-state index in [-0.39, 0.29) is 12.2 Å². The molecule has 4 unspecified atom stereocenters. The van der Waals surface area contributed by atoms with Crippen LogP contribution in [-0.2, 0) is 9.47 Å². The van der Waals surface area contributed by atoms with E-state index < -0.39 is 42.1 Å². The van der Waals surface area contributed by atoms with Crippen LogP contribution in [0.25, 0.3) is 12.2 Å². The Morgan fingerprint density at radius 2 is 1.02 bits per heavy atom. The van der Waals surface area contributed by atoms with E-state index in [9.17, 15) is 30.0 Å². The van der Waals surface area contributed by atoms with Crippen molar-refractivity contribution in [3.63, 3.8) is 0 Å². The number of hydrogen-bond donors (Lipinski definition) is 4. The molecule has 8 nitrogen and oxygen atoms in total. The Morgan fingerprint density at radius 3 is 1.35 bits per heavy atom. The van der Waals surface area contributed by atoms with Crippen LogP contribution in [0.5, 0.6) is 0 Å². The highest BCUT2D eigenvalue weighted by atomic mass is 16.5. The number of aliphatic hydroxyl groups excluding tert-OH is 4. The van der Waals surface area contributed by atoms with Gasteiger partial charge in [-0.05, 0) is 97.9 Å². The minimum absolute atomic E-state index is 0.0928. The molecule has 2 fully saturated rings. The first-order chi connectivity index (χ1) is 20.7. The van der Waals surface area contributed by atoms with Gasteiger partial charge in [0.1, 0.15) is 29.1 Å². The third-order valence-electron chi connectivity index (χ3n) is 9.00. The van der Waals surface area contributed by atoms with E-state index in [2.05, 4.69) is 13.8 Å². The first-order valence-corrected chi connectivity index (χ1v) is 15.3. The minimum atomic E-state index is -1.87. The van der Waals surface area contributed by atoms with E-state index in [1.807, 2.05) is 0 Å². The summed E-state index contributed by atoms with van der Waals surface area (Å²) in [5, 5.41) is 42.3. The molecule has 232 valence electrons. The van der Waals surface area contributed by atoms with Crippen LogP contribution in [0.1, 0.15) is 97.1 Å². The van der Waals surface area contributed by atoms with Gasteiger partial charge in [0.15, 0.2) is 0 Å². The number of aliphatic hydroxyl groups is 4. The van der Waals surface area contributed by atoms with E-state index in [0.717, 1.165) is 51.4 Å². The van der Waals surface area contributed by atoms with Crippen LogP contribution >= 0.6 is 0 Å². The van der Waals surface area contributed by atoms with E-state index >= 15 is 0 Å². The summed E-state index contributed by atoms with van der Waals surface area (Å²) in [4.78, 5) is 25.3. The monoisotopic (exact) mass is 592 g/mol.